The molecule has 0 radical (unpaired) electrons. The molecule has 1 aliphatic heterocycles. The highest BCUT2D eigenvalue weighted by Crippen LogP contribution is 2.21. The van der Waals surface area contributed by atoms with Crippen molar-refractivity contribution in [2.24, 2.45) is 0 Å². The topological polar surface area (TPSA) is 68.3 Å². The highest BCUT2D eigenvalue weighted by atomic mass is 16.2. The summed E-state index contributed by atoms with van der Waals surface area (Å²) in [6.45, 7) is 1.71. The van der Waals surface area contributed by atoms with E-state index in [2.05, 4.69) is 0 Å². The first-order valence-corrected chi connectivity index (χ1v) is 6.98. The number of nitrogen functional groups attached to an aromatic ring is 1. The molecule has 2 N–H and O–H groups in total. The molecule has 0 bridgehead atoms. The van der Waals surface area contributed by atoms with Crippen LogP contribution in [0.2, 0.25) is 0 Å². The molecular formula is C16H17N3O2. The van der Waals surface area contributed by atoms with Gasteiger partial charge in [0, 0.05) is 43.1 Å². The van der Waals surface area contributed by atoms with Gasteiger partial charge >= 0.3 is 0 Å². The van der Waals surface area contributed by atoms with Crippen molar-refractivity contribution in [3.63, 3.8) is 0 Å². The molecular weight excluding hydrogens is 266 g/mol. The zero-order chi connectivity index (χ0) is 14.8. The second-order valence-corrected chi connectivity index (χ2v) is 5.19. The summed E-state index contributed by atoms with van der Waals surface area (Å²) >= 11 is 0. The standard InChI is InChI=1S/C16H17N3O2/c17-13-5-4-12-6-8-19(16(21)14(12)11-13)10-9-18-7-2-1-3-15(18)20/h1-5,7,11H,6,8-10,17H2. The SMILES string of the molecule is Nc1ccc2c(c1)C(=O)N(CCn1ccccc1=O)CC2. The fourth-order valence-corrected chi connectivity index (χ4v) is 2.63. The number of hydrogen-bond donors (Lipinski definition) is 1. The molecule has 0 atom stereocenters. The van der Waals surface area contributed by atoms with Crippen molar-refractivity contribution < 1.29 is 4.79 Å². The van der Waals surface area contributed by atoms with Crippen molar-refractivity contribution in [2.45, 2.75) is 13.0 Å². The van der Waals surface area contributed by atoms with Crippen LogP contribution in [0.1, 0.15) is 15.9 Å². The van der Waals surface area contributed by atoms with E-state index >= 15 is 0 Å². The molecule has 3 rings (SSSR count). The quantitative estimate of drug-likeness (QED) is 0.859. The zero-order valence-electron chi connectivity index (χ0n) is 11.7. The van der Waals surface area contributed by atoms with Gasteiger partial charge in [-0.15, -0.1) is 0 Å². The number of pyridine rings is 1. The number of fused-ring (bicyclic) bond motifs is 1. The number of aromatic nitrogens is 1. The van der Waals surface area contributed by atoms with E-state index in [0.717, 1.165) is 12.0 Å². The Balaban J connectivity index is 1.75. The van der Waals surface area contributed by atoms with Crippen molar-refractivity contribution in [3.8, 4) is 0 Å². The van der Waals surface area contributed by atoms with E-state index in [9.17, 15) is 9.59 Å². The molecule has 5 heteroatoms. The Morgan fingerprint density at radius 3 is 2.76 bits per heavy atom. The minimum absolute atomic E-state index is 0.00692. The van der Waals surface area contributed by atoms with Gasteiger partial charge in [0.1, 0.15) is 0 Å². The summed E-state index contributed by atoms with van der Waals surface area (Å²) in [7, 11) is 0. The van der Waals surface area contributed by atoms with E-state index < -0.39 is 0 Å². The fourth-order valence-electron chi connectivity index (χ4n) is 2.63. The lowest BCUT2D eigenvalue weighted by Gasteiger charge is -2.29. The minimum atomic E-state index is -0.0494. The van der Waals surface area contributed by atoms with Crippen LogP contribution in [0.15, 0.2) is 47.4 Å². The zero-order valence-corrected chi connectivity index (χ0v) is 11.7. The van der Waals surface area contributed by atoms with E-state index in [-0.39, 0.29) is 11.5 Å². The summed E-state index contributed by atoms with van der Waals surface area (Å²) < 4.78 is 1.61. The summed E-state index contributed by atoms with van der Waals surface area (Å²) in [5.41, 5.74) is 8.03. The second-order valence-electron chi connectivity index (χ2n) is 5.19. The fraction of sp³-hybridized carbons (Fsp3) is 0.250. The van der Waals surface area contributed by atoms with Crippen molar-refractivity contribution >= 4 is 11.6 Å². The van der Waals surface area contributed by atoms with Gasteiger partial charge in [0.25, 0.3) is 11.5 Å². The lowest BCUT2D eigenvalue weighted by molar-refractivity contribution is 0.0733. The summed E-state index contributed by atoms with van der Waals surface area (Å²) in [4.78, 5) is 25.9. The molecule has 0 saturated heterocycles. The van der Waals surface area contributed by atoms with Crippen LogP contribution in [-0.4, -0.2) is 28.5 Å². The number of amides is 1. The van der Waals surface area contributed by atoms with E-state index in [1.165, 1.54) is 6.07 Å². The number of anilines is 1. The average molecular weight is 283 g/mol. The largest absolute Gasteiger partial charge is 0.399 e. The monoisotopic (exact) mass is 283 g/mol. The van der Waals surface area contributed by atoms with Crippen LogP contribution >= 0.6 is 0 Å². The summed E-state index contributed by atoms with van der Waals surface area (Å²) in [6.07, 6.45) is 2.56. The summed E-state index contributed by atoms with van der Waals surface area (Å²) in [5.74, 6) is -0.00692. The predicted molar refractivity (Wildman–Crippen MR) is 81.2 cm³/mol. The smallest absolute Gasteiger partial charge is 0.254 e. The van der Waals surface area contributed by atoms with Crippen molar-refractivity contribution in [3.05, 3.63) is 64.1 Å². The Hall–Kier alpha value is -2.56. The molecule has 2 aromatic rings. The molecule has 1 aromatic heterocycles. The van der Waals surface area contributed by atoms with Crippen LogP contribution in [0.3, 0.4) is 0 Å². The van der Waals surface area contributed by atoms with Gasteiger partial charge < -0.3 is 15.2 Å². The van der Waals surface area contributed by atoms with Gasteiger partial charge in [-0.3, -0.25) is 9.59 Å². The van der Waals surface area contributed by atoms with Gasteiger partial charge in [-0.05, 0) is 30.2 Å². The van der Waals surface area contributed by atoms with Crippen molar-refractivity contribution in [1.29, 1.82) is 0 Å². The normalized spacial score (nSPS) is 14.1. The molecule has 0 aliphatic carbocycles. The predicted octanol–water partition coefficient (Wildman–Crippen LogP) is 1.13. The molecule has 0 spiro atoms. The number of benzene rings is 1. The van der Waals surface area contributed by atoms with E-state index in [0.29, 0.717) is 30.9 Å². The van der Waals surface area contributed by atoms with Crippen LogP contribution in [0.5, 0.6) is 0 Å². The number of hydrogen-bond acceptors (Lipinski definition) is 3. The van der Waals surface area contributed by atoms with Crippen LogP contribution in [0.4, 0.5) is 5.69 Å². The maximum Gasteiger partial charge on any atom is 0.254 e. The Bertz CT molecular complexity index is 736. The Labute approximate surface area is 122 Å². The molecule has 0 unspecified atom stereocenters. The average Bonchev–Trinajstić information content (AvgIpc) is 2.49. The van der Waals surface area contributed by atoms with Crippen molar-refractivity contribution in [2.75, 3.05) is 18.8 Å². The first-order valence-electron chi connectivity index (χ1n) is 6.98. The summed E-state index contributed by atoms with van der Waals surface area (Å²) in [6, 6.07) is 10.5. The maximum absolute atomic E-state index is 12.5. The third kappa shape index (κ3) is 2.67. The Morgan fingerprint density at radius 2 is 1.95 bits per heavy atom. The van der Waals surface area contributed by atoms with E-state index in [1.54, 1.807) is 27.8 Å². The lowest BCUT2D eigenvalue weighted by atomic mass is 9.98. The minimum Gasteiger partial charge on any atom is -0.399 e. The van der Waals surface area contributed by atoms with E-state index in [1.807, 2.05) is 18.2 Å². The number of rotatable bonds is 3. The van der Waals surface area contributed by atoms with Crippen LogP contribution in [0, 0.1) is 0 Å². The Kier molecular flexibility index (Phi) is 3.48. The van der Waals surface area contributed by atoms with Crippen LogP contribution < -0.4 is 11.3 Å². The van der Waals surface area contributed by atoms with Crippen molar-refractivity contribution in [1.82, 2.24) is 9.47 Å². The maximum atomic E-state index is 12.5. The molecule has 1 aromatic carbocycles. The van der Waals surface area contributed by atoms with Gasteiger partial charge in [0.05, 0.1) is 0 Å². The molecule has 1 aliphatic rings. The first kappa shape index (κ1) is 13.4. The molecule has 5 nitrogen and oxygen atoms in total. The highest BCUT2D eigenvalue weighted by Gasteiger charge is 2.24. The number of carbonyl (C=O) groups is 1. The van der Waals surface area contributed by atoms with Gasteiger partial charge in [-0.2, -0.15) is 0 Å². The molecule has 0 fully saturated rings. The van der Waals surface area contributed by atoms with Crippen LogP contribution in [0.25, 0.3) is 0 Å². The van der Waals surface area contributed by atoms with E-state index in [4.69, 9.17) is 5.73 Å². The van der Waals surface area contributed by atoms with Crippen LogP contribution in [-0.2, 0) is 13.0 Å². The van der Waals surface area contributed by atoms with Gasteiger partial charge in [-0.25, -0.2) is 0 Å². The number of carbonyl (C=O) groups excluding carboxylic acids is 1. The van der Waals surface area contributed by atoms with Gasteiger partial charge in [-0.1, -0.05) is 12.1 Å². The van der Waals surface area contributed by atoms with Gasteiger partial charge in [0.2, 0.25) is 0 Å². The Morgan fingerprint density at radius 1 is 1.10 bits per heavy atom. The molecule has 21 heavy (non-hydrogen) atoms. The second kappa shape index (κ2) is 5.44. The third-order valence-electron chi connectivity index (χ3n) is 3.81. The molecule has 108 valence electrons. The summed E-state index contributed by atoms with van der Waals surface area (Å²) in [5, 5.41) is 0. The lowest BCUT2D eigenvalue weighted by Crippen LogP contribution is -2.40. The van der Waals surface area contributed by atoms with Gasteiger partial charge in [0.15, 0.2) is 0 Å². The number of nitrogens with two attached hydrogens (primary N) is 1. The molecule has 1 amide bonds. The molecule has 0 saturated carbocycles. The highest BCUT2D eigenvalue weighted by molar-refractivity contribution is 5.97. The number of nitrogens with zero attached hydrogens (tertiary/aromatic N) is 2. The molecule has 2 heterocycles. The first-order chi connectivity index (χ1) is 10.1. The third-order valence-corrected chi connectivity index (χ3v) is 3.81.